The van der Waals surface area contributed by atoms with Crippen LogP contribution in [0.1, 0.15) is 6.42 Å². The van der Waals surface area contributed by atoms with Crippen LogP contribution in [0.4, 0.5) is 0 Å². The maximum atomic E-state index is 11.4. The lowest BCUT2D eigenvalue weighted by atomic mass is 10.4. The van der Waals surface area contributed by atoms with E-state index in [-0.39, 0.29) is 0 Å². The van der Waals surface area contributed by atoms with Crippen LogP contribution in [0.2, 0.25) is 51.9 Å². The van der Waals surface area contributed by atoms with E-state index in [0.29, 0.717) is 6.54 Å². The zero-order valence-electron chi connectivity index (χ0n) is 15.4. The third-order valence-corrected chi connectivity index (χ3v) is 12.1. The van der Waals surface area contributed by atoms with Crippen molar-refractivity contribution in [1.82, 2.24) is 5.32 Å². The Morgan fingerprint density at radius 3 is 1.83 bits per heavy atom. The number of aliphatic carboxylic acids is 1. The van der Waals surface area contributed by atoms with Crippen molar-refractivity contribution in [2.24, 2.45) is 0 Å². The Bertz CT molecular complexity index is 425. The molecule has 2 N–H and O–H groups in total. The largest absolute Gasteiger partial charge is 0.478 e. The molecule has 0 bridgehead atoms. The molecule has 0 spiro atoms. The average Bonchev–Trinajstić information content (AvgIpc) is 2.27. The zero-order chi connectivity index (χ0) is 18.3. The summed E-state index contributed by atoms with van der Waals surface area (Å²) in [5, 5.41) is 11.2. The lowest BCUT2D eigenvalue weighted by Crippen LogP contribution is -2.52. The van der Waals surface area contributed by atoms with E-state index in [1.165, 1.54) is 0 Å². The van der Waals surface area contributed by atoms with Crippen molar-refractivity contribution in [2.75, 3.05) is 6.54 Å². The van der Waals surface area contributed by atoms with E-state index in [1.807, 2.05) is 0 Å². The predicted octanol–water partition coefficient (Wildman–Crippen LogP) is 2.91. The molecule has 0 aliphatic heterocycles. The summed E-state index contributed by atoms with van der Waals surface area (Å²) in [4.78, 5) is 21.8. The Balaban J connectivity index is 4.51. The van der Waals surface area contributed by atoms with E-state index in [4.69, 9.17) is 13.3 Å². The number of rotatable bonds is 10. The molecule has 0 rings (SSSR count). The van der Waals surface area contributed by atoms with Gasteiger partial charge in [0.15, 0.2) is 16.6 Å². The van der Waals surface area contributed by atoms with Gasteiger partial charge in [0.1, 0.15) is 0 Å². The molecule has 0 aliphatic carbocycles. The Morgan fingerprint density at radius 1 is 0.957 bits per heavy atom. The fourth-order valence-corrected chi connectivity index (χ4v) is 14.8. The Hall–Kier alpha value is -0.749. The number of amides is 1. The van der Waals surface area contributed by atoms with Gasteiger partial charge in [0.05, 0.1) is 0 Å². The van der Waals surface area contributed by atoms with Gasteiger partial charge in [-0.25, -0.2) is 4.79 Å². The molecule has 0 radical (unpaired) electrons. The lowest BCUT2D eigenvalue weighted by Gasteiger charge is -2.38. The summed E-state index contributed by atoms with van der Waals surface area (Å²) in [6.45, 7) is 15.5. The second kappa shape index (κ2) is 8.92. The van der Waals surface area contributed by atoms with E-state index < -0.39 is 37.1 Å². The van der Waals surface area contributed by atoms with Crippen molar-refractivity contribution >= 4 is 37.1 Å². The van der Waals surface area contributed by atoms with Gasteiger partial charge in [-0.3, -0.25) is 4.79 Å². The van der Waals surface area contributed by atoms with Crippen LogP contribution in [0.3, 0.4) is 0 Å². The van der Waals surface area contributed by atoms with Gasteiger partial charge >= 0.3 is 14.5 Å². The first kappa shape index (κ1) is 22.3. The minimum Gasteiger partial charge on any atom is -0.478 e. The number of hydrogen-bond acceptors (Lipinski definition) is 4. The van der Waals surface area contributed by atoms with Gasteiger partial charge in [-0.05, 0) is 58.3 Å². The molecule has 0 unspecified atom stereocenters. The summed E-state index contributed by atoms with van der Waals surface area (Å²) >= 11 is 0. The normalized spacial score (nSPS) is 13.3. The third kappa shape index (κ3) is 13.4. The van der Waals surface area contributed by atoms with Crippen LogP contribution in [0.25, 0.3) is 0 Å². The molecular weight excluding hydrogens is 346 g/mol. The fourth-order valence-electron chi connectivity index (χ4n) is 2.25. The van der Waals surface area contributed by atoms with Gasteiger partial charge in [0, 0.05) is 18.7 Å². The average molecular weight is 378 g/mol. The molecule has 9 heteroatoms. The first-order chi connectivity index (χ1) is 10.2. The molecule has 0 atom stereocenters. The van der Waals surface area contributed by atoms with Gasteiger partial charge in [-0.15, -0.1) is 0 Å². The van der Waals surface area contributed by atoms with Crippen molar-refractivity contribution in [3.05, 3.63) is 12.2 Å². The highest BCUT2D eigenvalue weighted by molar-refractivity contribution is 6.87. The summed E-state index contributed by atoms with van der Waals surface area (Å²) in [5.74, 6) is -1.53. The van der Waals surface area contributed by atoms with Crippen LogP contribution in [-0.4, -0.2) is 48.7 Å². The van der Waals surface area contributed by atoms with Crippen LogP contribution in [0.15, 0.2) is 12.2 Å². The summed E-state index contributed by atoms with van der Waals surface area (Å²) in [6.07, 6.45) is 2.61. The number of nitrogens with one attached hydrogen (secondary N) is 1. The van der Waals surface area contributed by atoms with Crippen LogP contribution in [0, 0.1) is 0 Å². The number of carbonyl (C=O) groups is 2. The van der Waals surface area contributed by atoms with Crippen molar-refractivity contribution < 1.29 is 22.9 Å². The standard InChI is InChI=1S/C14H31NO5Si3/c1-21(2,3)19-23(7,20-22(4,5)6)12-8-11-15-13(16)9-10-14(17)18/h9-10H,8,11-12H2,1-7H3,(H,15,16)(H,17,18)/b10-9-. The minimum atomic E-state index is -2.27. The minimum absolute atomic E-state index is 0.395. The van der Waals surface area contributed by atoms with Crippen LogP contribution in [-0.2, 0) is 17.8 Å². The molecule has 0 aliphatic rings. The maximum Gasteiger partial charge on any atom is 0.328 e. The monoisotopic (exact) mass is 377 g/mol. The van der Waals surface area contributed by atoms with Crippen molar-refractivity contribution in [3.63, 3.8) is 0 Å². The molecule has 0 aromatic rings. The molecule has 0 saturated carbocycles. The first-order valence-electron chi connectivity index (χ1n) is 7.82. The predicted molar refractivity (Wildman–Crippen MR) is 99.7 cm³/mol. The highest BCUT2D eigenvalue weighted by Gasteiger charge is 2.39. The summed E-state index contributed by atoms with van der Waals surface area (Å²) in [7, 11) is -5.68. The molecule has 23 heavy (non-hydrogen) atoms. The van der Waals surface area contributed by atoms with Crippen molar-refractivity contribution in [1.29, 1.82) is 0 Å². The first-order valence-corrected chi connectivity index (χ1v) is 17.2. The molecule has 6 nitrogen and oxygen atoms in total. The van der Waals surface area contributed by atoms with E-state index in [2.05, 4.69) is 51.1 Å². The Labute approximate surface area is 142 Å². The molecule has 0 aromatic carbocycles. The van der Waals surface area contributed by atoms with Crippen LogP contribution < -0.4 is 5.32 Å². The SMILES string of the molecule is C[Si](C)(C)O[Si](C)(CCCNC(=O)/C=C\C(=O)O)O[Si](C)(C)C. The van der Waals surface area contributed by atoms with E-state index in [0.717, 1.165) is 24.6 Å². The van der Waals surface area contributed by atoms with Gasteiger partial charge in [-0.1, -0.05) is 0 Å². The Morgan fingerprint density at radius 2 is 1.43 bits per heavy atom. The van der Waals surface area contributed by atoms with E-state index in [1.54, 1.807) is 0 Å². The second-order valence-electron chi connectivity index (χ2n) is 7.63. The number of carbonyl (C=O) groups excluding carboxylic acids is 1. The van der Waals surface area contributed by atoms with E-state index >= 15 is 0 Å². The number of carboxylic acids is 1. The highest BCUT2D eigenvalue weighted by atomic mass is 28.5. The van der Waals surface area contributed by atoms with Gasteiger partial charge in [0.25, 0.3) is 0 Å². The van der Waals surface area contributed by atoms with Crippen LogP contribution in [0.5, 0.6) is 0 Å². The smallest absolute Gasteiger partial charge is 0.328 e. The molecular formula is C14H31NO5Si3. The second-order valence-corrected chi connectivity index (χ2v) is 20.5. The van der Waals surface area contributed by atoms with Gasteiger partial charge in [-0.2, -0.15) is 0 Å². The topological polar surface area (TPSA) is 84.9 Å². The fraction of sp³-hybridized carbons (Fsp3) is 0.714. The molecule has 0 heterocycles. The molecule has 0 fully saturated rings. The quantitative estimate of drug-likeness (QED) is 0.347. The lowest BCUT2D eigenvalue weighted by molar-refractivity contribution is -0.131. The molecule has 1 amide bonds. The van der Waals surface area contributed by atoms with Crippen molar-refractivity contribution in [2.45, 2.75) is 58.3 Å². The maximum absolute atomic E-state index is 11.4. The molecule has 0 saturated heterocycles. The van der Waals surface area contributed by atoms with Gasteiger partial charge < -0.3 is 18.7 Å². The molecule has 134 valence electrons. The summed E-state index contributed by atoms with van der Waals surface area (Å²) in [5.41, 5.74) is 0. The van der Waals surface area contributed by atoms with Crippen LogP contribution >= 0.6 is 0 Å². The highest BCUT2D eigenvalue weighted by Crippen LogP contribution is 2.25. The summed E-state index contributed by atoms with van der Waals surface area (Å²) < 4.78 is 12.7. The molecule has 0 aromatic heterocycles. The van der Waals surface area contributed by atoms with Gasteiger partial charge in [0.2, 0.25) is 5.91 Å². The van der Waals surface area contributed by atoms with Crippen molar-refractivity contribution in [3.8, 4) is 0 Å². The third-order valence-electron chi connectivity index (χ3n) is 2.53. The van der Waals surface area contributed by atoms with E-state index in [9.17, 15) is 9.59 Å². The number of hydrogen-bond donors (Lipinski definition) is 2. The Kier molecular flexibility index (Phi) is 8.63. The zero-order valence-corrected chi connectivity index (χ0v) is 18.4. The summed E-state index contributed by atoms with van der Waals surface area (Å²) in [6, 6.07) is 0.810. The number of carboxylic acid groups (broad SMARTS) is 1.